The molecule has 0 saturated carbocycles. The zero-order valence-electron chi connectivity index (χ0n) is 10.9. The summed E-state index contributed by atoms with van der Waals surface area (Å²) in [5.41, 5.74) is 6.45. The molecule has 0 saturated heterocycles. The Balaban J connectivity index is 2.07. The van der Waals surface area contributed by atoms with Gasteiger partial charge in [-0.3, -0.25) is 0 Å². The van der Waals surface area contributed by atoms with Gasteiger partial charge in [-0.2, -0.15) is 0 Å². The van der Waals surface area contributed by atoms with Crippen molar-refractivity contribution in [3.63, 3.8) is 0 Å². The van der Waals surface area contributed by atoms with E-state index >= 15 is 0 Å². The first-order valence-corrected chi connectivity index (χ1v) is 6.09. The van der Waals surface area contributed by atoms with E-state index in [-0.39, 0.29) is 6.61 Å². The van der Waals surface area contributed by atoms with E-state index < -0.39 is 23.5 Å². The minimum atomic E-state index is -0.940. The molecule has 20 heavy (non-hydrogen) atoms. The van der Waals surface area contributed by atoms with Crippen LogP contribution >= 0.6 is 0 Å². The van der Waals surface area contributed by atoms with Crippen molar-refractivity contribution in [2.75, 3.05) is 0 Å². The van der Waals surface area contributed by atoms with E-state index in [0.29, 0.717) is 16.9 Å². The largest absolute Gasteiger partial charge is 0.489 e. The van der Waals surface area contributed by atoms with Crippen LogP contribution in [-0.4, -0.2) is 0 Å². The van der Waals surface area contributed by atoms with Crippen LogP contribution in [-0.2, 0) is 6.61 Å². The van der Waals surface area contributed by atoms with Gasteiger partial charge in [0.05, 0.1) is 0 Å². The van der Waals surface area contributed by atoms with Crippen LogP contribution in [0.5, 0.6) is 5.75 Å². The van der Waals surface area contributed by atoms with Gasteiger partial charge in [-0.15, -0.1) is 0 Å². The Hall–Kier alpha value is -2.01. The fourth-order valence-electron chi connectivity index (χ4n) is 1.76. The van der Waals surface area contributed by atoms with Crippen molar-refractivity contribution in [2.24, 2.45) is 5.73 Å². The Bertz CT molecular complexity index is 614. The van der Waals surface area contributed by atoms with Crippen molar-refractivity contribution < 1.29 is 17.9 Å². The van der Waals surface area contributed by atoms with Gasteiger partial charge in [-0.05, 0) is 30.7 Å². The molecule has 0 amide bonds. The van der Waals surface area contributed by atoms with Gasteiger partial charge in [-0.1, -0.05) is 12.1 Å². The zero-order chi connectivity index (χ0) is 14.7. The molecule has 0 aliphatic rings. The van der Waals surface area contributed by atoms with Gasteiger partial charge in [-0.25, -0.2) is 13.2 Å². The lowest BCUT2D eigenvalue weighted by Gasteiger charge is -2.10. The van der Waals surface area contributed by atoms with Crippen LogP contribution in [0.2, 0.25) is 0 Å². The molecule has 2 nitrogen and oxygen atoms in total. The molecule has 2 aromatic rings. The van der Waals surface area contributed by atoms with E-state index in [1.54, 1.807) is 19.1 Å². The highest BCUT2D eigenvalue weighted by Gasteiger charge is 2.08. The summed E-state index contributed by atoms with van der Waals surface area (Å²) in [6, 6.07) is 7.41. The highest BCUT2D eigenvalue weighted by molar-refractivity contribution is 5.31. The summed E-state index contributed by atoms with van der Waals surface area (Å²) in [4.78, 5) is 0. The van der Waals surface area contributed by atoms with E-state index in [2.05, 4.69) is 0 Å². The Morgan fingerprint density at radius 3 is 2.35 bits per heavy atom. The Labute approximate surface area is 115 Å². The molecular weight excluding hydrogens is 267 g/mol. The van der Waals surface area contributed by atoms with Gasteiger partial charge in [0, 0.05) is 17.7 Å². The lowest BCUT2D eigenvalue weighted by Crippen LogP contribution is -2.07. The average Bonchev–Trinajstić information content (AvgIpc) is 2.40. The van der Waals surface area contributed by atoms with Gasteiger partial charge >= 0.3 is 0 Å². The van der Waals surface area contributed by atoms with Crippen molar-refractivity contribution in [2.45, 2.75) is 19.6 Å². The van der Waals surface area contributed by atoms with E-state index in [4.69, 9.17) is 10.5 Å². The predicted octanol–water partition coefficient (Wildman–Crippen LogP) is 3.70. The van der Waals surface area contributed by atoms with Gasteiger partial charge in [0.25, 0.3) is 0 Å². The van der Waals surface area contributed by atoms with E-state index in [0.717, 1.165) is 12.1 Å². The lowest BCUT2D eigenvalue weighted by molar-refractivity contribution is 0.303. The second-order valence-electron chi connectivity index (χ2n) is 4.51. The average molecular weight is 281 g/mol. The maximum Gasteiger partial charge on any atom is 0.159 e. The van der Waals surface area contributed by atoms with E-state index in [1.165, 1.54) is 12.1 Å². The fraction of sp³-hybridized carbons (Fsp3) is 0.200. The SMILES string of the molecule is CC(N)c1ccc(OCc2ccc(F)c(F)c2)cc1F. The Kier molecular flexibility index (Phi) is 4.29. The first kappa shape index (κ1) is 14.4. The molecule has 0 aliphatic carbocycles. The van der Waals surface area contributed by atoms with Gasteiger partial charge in [0.2, 0.25) is 0 Å². The molecule has 2 N–H and O–H groups in total. The highest BCUT2D eigenvalue weighted by Crippen LogP contribution is 2.21. The van der Waals surface area contributed by atoms with Crippen LogP contribution in [0.15, 0.2) is 36.4 Å². The van der Waals surface area contributed by atoms with E-state index in [1.807, 2.05) is 0 Å². The molecule has 0 bridgehead atoms. The van der Waals surface area contributed by atoms with Gasteiger partial charge in [0.1, 0.15) is 18.2 Å². The second-order valence-corrected chi connectivity index (χ2v) is 4.51. The maximum absolute atomic E-state index is 13.7. The molecule has 2 rings (SSSR count). The van der Waals surface area contributed by atoms with Crippen LogP contribution in [0, 0.1) is 17.5 Å². The molecule has 1 atom stereocenters. The minimum absolute atomic E-state index is 0.0220. The third kappa shape index (κ3) is 3.30. The Morgan fingerprint density at radius 1 is 1.00 bits per heavy atom. The van der Waals surface area contributed by atoms with Crippen LogP contribution in [0.4, 0.5) is 13.2 Å². The molecule has 0 heterocycles. The van der Waals surface area contributed by atoms with Crippen molar-refractivity contribution in [3.8, 4) is 5.75 Å². The number of rotatable bonds is 4. The van der Waals surface area contributed by atoms with Crippen molar-refractivity contribution >= 4 is 0 Å². The van der Waals surface area contributed by atoms with Crippen molar-refractivity contribution in [1.29, 1.82) is 0 Å². The summed E-state index contributed by atoms with van der Waals surface area (Å²) in [6.07, 6.45) is 0. The fourth-order valence-corrected chi connectivity index (χ4v) is 1.76. The monoisotopic (exact) mass is 281 g/mol. The third-order valence-corrected chi connectivity index (χ3v) is 2.85. The Morgan fingerprint density at radius 2 is 1.75 bits per heavy atom. The number of hydrogen-bond donors (Lipinski definition) is 1. The number of halogens is 3. The normalized spacial score (nSPS) is 12.2. The highest BCUT2D eigenvalue weighted by atomic mass is 19.2. The van der Waals surface area contributed by atoms with Crippen LogP contribution in [0.1, 0.15) is 24.1 Å². The summed E-state index contributed by atoms with van der Waals surface area (Å²) in [6.45, 7) is 1.70. The predicted molar refractivity (Wildman–Crippen MR) is 69.7 cm³/mol. The summed E-state index contributed by atoms with van der Waals surface area (Å²) in [5, 5.41) is 0. The zero-order valence-corrected chi connectivity index (χ0v) is 10.9. The molecule has 1 unspecified atom stereocenters. The van der Waals surface area contributed by atoms with E-state index in [9.17, 15) is 13.2 Å². The molecule has 0 spiro atoms. The van der Waals surface area contributed by atoms with Crippen LogP contribution in [0.3, 0.4) is 0 Å². The molecule has 0 aliphatic heterocycles. The number of hydrogen-bond acceptors (Lipinski definition) is 2. The minimum Gasteiger partial charge on any atom is -0.489 e. The van der Waals surface area contributed by atoms with Gasteiger partial charge in [0.15, 0.2) is 11.6 Å². The first-order chi connectivity index (χ1) is 9.47. The standard InChI is InChI=1S/C15H14F3NO/c1-9(19)12-4-3-11(7-14(12)17)20-8-10-2-5-13(16)15(18)6-10/h2-7,9H,8,19H2,1H3. The molecular formula is C15H14F3NO. The van der Waals surface area contributed by atoms with Crippen molar-refractivity contribution in [1.82, 2.24) is 0 Å². The molecule has 0 radical (unpaired) electrons. The molecule has 2 aromatic carbocycles. The first-order valence-electron chi connectivity index (χ1n) is 6.09. The topological polar surface area (TPSA) is 35.2 Å². The molecule has 0 aromatic heterocycles. The summed E-state index contributed by atoms with van der Waals surface area (Å²) in [5.74, 6) is -2.01. The molecule has 106 valence electrons. The van der Waals surface area contributed by atoms with Crippen LogP contribution < -0.4 is 10.5 Å². The lowest BCUT2D eigenvalue weighted by atomic mass is 10.1. The maximum atomic E-state index is 13.7. The summed E-state index contributed by atoms with van der Waals surface area (Å²) >= 11 is 0. The van der Waals surface area contributed by atoms with Crippen LogP contribution in [0.25, 0.3) is 0 Å². The number of ether oxygens (including phenoxy) is 1. The number of nitrogens with two attached hydrogens (primary N) is 1. The summed E-state index contributed by atoms with van der Waals surface area (Å²) < 4.78 is 44.8. The number of benzene rings is 2. The van der Waals surface area contributed by atoms with Gasteiger partial charge < -0.3 is 10.5 Å². The third-order valence-electron chi connectivity index (χ3n) is 2.85. The molecule has 0 fully saturated rings. The second kappa shape index (κ2) is 5.96. The van der Waals surface area contributed by atoms with Crippen molar-refractivity contribution in [3.05, 3.63) is 65.0 Å². The smallest absolute Gasteiger partial charge is 0.159 e. The quantitative estimate of drug-likeness (QED) is 0.927. The summed E-state index contributed by atoms with van der Waals surface area (Å²) in [7, 11) is 0. The molecule has 5 heteroatoms.